The van der Waals surface area contributed by atoms with E-state index in [1.165, 1.54) is 12.1 Å². The molecule has 4 rings (SSSR count). The molecule has 0 bridgehead atoms. The maximum atomic E-state index is 12.3. The first-order chi connectivity index (χ1) is 13.4. The van der Waals surface area contributed by atoms with E-state index in [0.29, 0.717) is 22.6 Å². The van der Waals surface area contributed by atoms with Crippen molar-refractivity contribution in [1.82, 2.24) is 4.98 Å². The van der Waals surface area contributed by atoms with Gasteiger partial charge in [0.05, 0.1) is 10.5 Å². The van der Waals surface area contributed by atoms with Gasteiger partial charge >= 0.3 is 0 Å². The number of aromatic nitrogens is 1. The lowest BCUT2D eigenvalue weighted by Gasteiger charge is -2.05. The summed E-state index contributed by atoms with van der Waals surface area (Å²) in [6, 6.07) is 17.6. The maximum Gasteiger partial charge on any atom is 0.259 e. The Kier molecular flexibility index (Phi) is 4.42. The molecule has 3 aromatic rings. The van der Waals surface area contributed by atoms with Gasteiger partial charge < -0.3 is 10.6 Å². The summed E-state index contributed by atoms with van der Waals surface area (Å²) in [4.78, 5) is 16.7. The summed E-state index contributed by atoms with van der Waals surface area (Å²) in [6.07, 6.45) is 3.29. The Morgan fingerprint density at radius 3 is 2.39 bits per heavy atom. The first-order valence-electron chi connectivity index (χ1n) is 8.38. The number of primary sulfonamides is 1. The summed E-state index contributed by atoms with van der Waals surface area (Å²) in [6.45, 7) is 0. The average Bonchev–Trinajstić information content (AvgIpc) is 3.01. The zero-order valence-electron chi connectivity index (χ0n) is 14.6. The number of carbonyl (C=O) groups excluding carboxylic acids is 1. The lowest BCUT2D eigenvalue weighted by Crippen LogP contribution is -2.11. The Morgan fingerprint density at radius 1 is 1.00 bits per heavy atom. The summed E-state index contributed by atoms with van der Waals surface area (Å²) in [5, 5.41) is 10.8. The largest absolute Gasteiger partial charge is 0.361 e. The first-order valence-corrected chi connectivity index (χ1v) is 9.93. The van der Waals surface area contributed by atoms with Crippen LogP contribution in [0.1, 0.15) is 5.56 Å². The number of hydrogen-bond acceptors (Lipinski definition) is 5. The van der Waals surface area contributed by atoms with Crippen molar-refractivity contribution >= 4 is 33.0 Å². The van der Waals surface area contributed by atoms with E-state index in [9.17, 15) is 13.2 Å². The van der Waals surface area contributed by atoms with Crippen LogP contribution in [-0.4, -0.2) is 19.3 Å². The van der Waals surface area contributed by atoms with E-state index >= 15 is 0 Å². The number of nitrogens with two attached hydrogens (primary N) is 1. The number of hydrogen-bond donors (Lipinski definition) is 3. The normalized spacial score (nSPS) is 14.6. The fraction of sp³-hybridized carbons (Fsp3) is 0. The van der Waals surface area contributed by atoms with Crippen LogP contribution < -0.4 is 15.8 Å². The second kappa shape index (κ2) is 6.91. The van der Waals surface area contributed by atoms with Crippen LogP contribution in [0.5, 0.6) is 0 Å². The minimum absolute atomic E-state index is 0.0198. The minimum Gasteiger partial charge on any atom is -0.361 e. The zero-order chi connectivity index (χ0) is 19.7. The number of nitrogens with one attached hydrogen (secondary N) is 2. The standard InChI is InChI=1S/C20H16N4O3S/c21-28(26,27)16-8-6-15(7-9-16)22-12-18-17-10-14(13-4-2-1-3-5-13)11-23-19(17)24-20(18)25/h1-12,22H,(H2,21,26,27)(H,23,24,25). The van der Waals surface area contributed by atoms with E-state index in [2.05, 4.69) is 15.6 Å². The summed E-state index contributed by atoms with van der Waals surface area (Å²) in [5.74, 6) is 0.240. The van der Waals surface area contributed by atoms with Gasteiger partial charge in [0.2, 0.25) is 10.0 Å². The predicted octanol–water partition coefficient (Wildman–Crippen LogP) is 2.80. The second-order valence-corrected chi connectivity index (χ2v) is 7.77. The highest BCUT2D eigenvalue weighted by atomic mass is 32.2. The third-order valence-corrected chi connectivity index (χ3v) is 5.26. The van der Waals surface area contributed by atoms with Gasteiger partial charge in [-0.1, -0.05) is 30.3 Å². The first kappa shape index (κ1) is 17.9. The van der Waals surface area contributed by atoms with Crippen molar-refractivity contribution in [2.45, 2.75) is 4.90 Å². The fourth-order valence-corrected chi connectivity index (χ4v) is 3.41. The molecule has 1 aliphatic rings. The summed E-state index contributed by atoms with van der Waals surface area (Å²) >= 11 is 0. The van der Waals surface area contributed by atoms with Crippen LogP contribution in [0.3, 0.4) is 0 Å². The topological polar surface area (TPSA) is 114 Å². The maximum absolute atomic E-state index is 12.3. The molecule has 0 saturated carbocycles. The molecule has 0 radical (unpaired) electrons. The quantitative estimate of drug-likeness (QED) is 0.591. The molecule has 1 aromatic heterocycles. The van der Waals surface area contributed by atoms with E-state index in [0.717, 1.165) is 11.1 Å². The summed E-state index contributed by atoms with van der Waals surface area (Å²) in [5.41, 5.74) is 3.66. The molecule has 0 aliphatic carbocycles. The van der Waals surface area contributed by atoms with Crippen LogP contribution in [0.25, 0.3) is 16.7 Å². The van der Waals surface area contributed by atoms with Crippen molar-refractivity contribution in [2.75, 3.05) is 10.6 Å². The van der Waals surface area contributed by atoms with Gasteiger partial charge in [-0.15, -0.1) is 0 Å². The molecule has 1 amide bonds. The van der Waals surface area contributed by atoms with E-state index in [4.69, 9.17) is 5.14 Å². The highest BCUT2D eigenvalue weighted by molar-refractivity contribution is 7.89. The van der Waals surface area contributed by atoms with Gasteiger partial charge in [-0.05, 0) is 35.9 Å². The van der Waals surface area contributed by atoms with Crippen LogP contribution in [0.2, 0.25) is 0 Å². The highest BCUT2D eigenvalue weighted by Crippen LogP contribution is 2.33. The molecule has 1 aliphatic heterocycles. The average molecular weight is 392 g/mol. The van der Waals surface area contributed by atoms with Crippen molar-refractivity contribution in [3.05, 3.63) is 78.6 Å². The van der Waals surface area contributed by atoms with Gasteiger partial charge in [0, 0.05) is 29.2 Å². The van der Waals surface area contributed by atoms with Gasteiger partial charge in [0.1, 0.15) is 5.82 Å². The van der Waals surface area contributed by atoms with Crippen molar-refractivity contribution in [2.24, 2.45) is 5.14 Å². The van der Waals surface area contributed by atoms with E-state index in [1.54, 1.807) is 24.5 Å². The van der Waals surface area contributed by atoms with Gasteiger partial charge in [-0.2, -0.15) is 0 Å². The molecule has 0 saturated heterocycles. The lowest BCUT2D eigenvalue weighted by molar-refractivity contribution is -0.110. The zero-order valence-corrected chi connectivity index (χ0v) is 15.4. The molecular weight excluding hydrogens is 376 g/mol. The Labute approximate surface area is 162 Å². The Hall–Kier alpha value is -3.49. The smallest absolute Gasteiger partial charge is 0.259 e. The Bertz CT molecular complexity index is 1190. The van der Waals surface area contributed by atoms with Crippen molar-refractivity contribution in [3.8, 4) is 11.1 Å². The van der Waals surface area contributed by atoms with Crippen LogP contribution in [0, 0.1) is 0 Å². The van der Waals surface area contributed by atoms with Crippen LogP contribution in [0.4, 0.5) is 11.5 Å². The molecule has 7 nitrogen and oxygen atoms in total. The number of pyridine rings is 1. The minimum atomic E-state index is -3.75. The Balaban J connectivity index is 1.63. The van der Waals surface area contributed by atoms with Gasteiger partial charge in [0.15, 0.2) is 0 Å². The third kappa shape index (κ3) is 3.51. The highest BCUT2D eigenvalue weighted by Gasteiger charge is 2.25. The molecule has 2 aromatic carbocycles. The number of sulfonamides is 1. The summed E-state index contributed by atoms with van der Waals surface area (Å²) in [7, 11) is -3.75. The number of nitrogens with zero attached hydrogens (tertiary/aromatic N) is 1. The van der Waals surface area contributed by atoms with Crippen molar-refractivity contribution in [1.29, 1.82) is 0 Å². The number of carbonyl (C=O) groups is 1. The van der Waals surface area contributed by atoms with Gasteiger partial charge in [-0.3, -0.25) is 4.79 Å². The Morgan fingerprint density at radius 2 is 1.71 bits per heavy atom. The molecule has 0 fully saturated rings. The monoisotopic (exact) mass is 392 g/mol. The van der Waals surface area contributed by atoms with Gasteiger partial charge in [-0.25, -0.2) is 18.5 Å². The van der Waals surface area contributed by atoms with E-state index < -0.39 is 10.0 Å². The third-order valence-electron chi connectivity index (χ3n) is 4.33. The van der Waals surface area contributed by atoms with Crippen molar-refractivity contribution in [3.63, 3.8) is 0 Å². The molecule has 0 atom stereocenters. The summed E-state index contributed by atoms with van der Waals surface area (Å²) < 4.78 is 22.7. The van der Waals surface area contributed by atoms with Crippen LogP contribution >= 0.6 is 0 Å². The molecule has 28 heavy (non-hydrogen) atoms. The van der Waals surface area contributed by atoms with E-state index in [1.807, 2.05) is 36.4 Å². The molecule has 0 unspecified atom stereocenters. The second-order valence-electron chi connectivity index (χ2n) is 6.21. The van der Waals surface area contributed by atoms with E-state index in [-0.39, 0.29) is 10.8 Å². The van der Waals surface area contributed by atoms with Crippen molar-refractivity contribution < 1.29 is 13.2 Å². The molecule has 0 spiro atoms. The molecular formula is C20H16N4O3S. The SMILES string of the molecule is NS(=O)(=O)c1ccc(NC=C2C(=O)Nc3ncc(-c4ccccc4)cc32)cc1. The molecule has 2 heterocycles. The fourth-order valence-electron chi connectivity index (χ4n) is 2.89. The number of amides is 1. The molecule has 140 valence electrons. The number of fused-ring (bicyclic) bond motifs is 1. The number of benzene rings is 2. The molecule has 8 heteroatoms. The van der Waals surface area contributed by atoms with Crippen LogP contribution in [0.15, 0.2) is 78.0 Å². The molecule has 4 N–H and O–H groups in total. The van der Waals surface area contributed by atoms with Crippen LogP contribution in [-0.2, 0) is 14.8 Å². The number of anilines is 2. The lowest BCUT2D eigenvalue weighted by atomic mass is 10.0. The predicted molar refractivity (Wildman–Crippen MR) is 108 cm³/mol. The van der Waals surface area contributed by atoms with Gasteiger partial charge in [0.25, 0.3) is 5.91 Å². The number of rotatable bonds is 4.